The first-order valence-corrected chi connectivity index (χ1v) is 4.80. The van der Waals surface area contributed by atoms with Crippen molar-refractivity contribution >= 4 is 6.47 Å². The predicted molar refractivity (Wildman–Crippen MR) is 57.0 cm³/mol. The van der Waals surface area contributed by atoms with Crippen molar-refractivity contribution in [3.8, 4) is 5.75 Å². The van der Waals surface area contributed by atoms with E-state index in [1.165, 1.54) is 6.47 Å². The van der Waals surface area contributed by atoms with Crippen LogP contribution in [0.4, 0.5) is 0 Å². The zero-order valence-electron chi connectivity index (χ0n) is 10.1. The van der Waals surface area contributed by atoms with Crippen LogP contribution in [0.15, 0.2) is 18.2 Å². The molecule has 0 amide bonds. The summed E-state index contributed by atoms with van der Waals surface area (Å²) < 4.78 is 4.64. The molecule has 2 nitrogen and oxygen atoms in total. The Kier molecular flexibility index (Phi) is 11.6. The van der Waals surface area contributed by atoms with Crippen molar-refractivity contribution < 1.29 is 39.1 Å². The standard InChI is InChI=1S/C10H10O2.C2H6.Na/c1-8(2)9-5-3-4-6-10(9)12-7-11;1-2;/h3-5,8H,1-2H3;1-2H3;/q-2;;+1. The van der Waals surface area contributed by atoms with Gasteiger partial charge in [0, 0.05) is 0 Å². The molecular formula is C12H16NaO2-. The van der Waals surface area contributed by atoms with Crippen LogP contribution in [-0.2, 0) is 4.79 Å². The van der Waals surface area contributed by atoms with Crippen LogP contribution in [-0.4, -0.2) is 6.47 Å². The number of hydrogen-bond donors (Lipinski definition) is 0. The Morgan fingerprint density at radius 3 is 2.47 bits per heavy atom. The second-order valence-corrected chi connectivity index (χ2v) is 2.79. The fraction of sp³-hybridized carbons (Fsp3) is 0.417. The first-order valence-electron chi connectivity index (χ1n) is 4.80. The van der Waals surface area contributed by atoms with Crippen LogP contribution in [0.5, 0.6) is 5.75 Å². The summed E-state index contributed by atoms with van der Waals surface area (Å²) in [6.07, 6.45) is 0. The molecule has 0 aliphatic rings. The van der Waals surface area contributed by atoms with Gasteiger partial charge in [-0.25, -0.2) is 6.07 Å². The van der Waals surface area contributed by atoms with E-state index in [-0.39, 0.29) is 29.6 Å². The Hall–Kier alpha value is -0.310. The fourth-order valence-electron chi connectivity index (χ4n) is 1.02. The smallest absolute Gasteiger partial charge is 0.633 e. The molecule has 0 spiro atoms. The van der Waals surface area contributed by atoms with E-state index < -0.39 is 0 Å². The molecule has 0 saturated carbocycles. The number of ether oxygens (including phenoxy) is 1. The summed E-state index contributed by atoms with van der Waals surface area (Å²) in [6.45, 7) is 9.46. The van der Waals surface area contributed by atoms with Crippen molar-refractivity contribution in [1.29, 1.82) is 0 Å². The molecule has 0 aliphatic carbocycles. The van der Waals surface area contributed by atoms with Gasteiger partial charge < -0.3 is 9.53 Å². The van der Waals surface area contributed by atoms with E-state index in [0.29, 0.717) is 11.7 Å². The third-order valence-corrected chi connectivity index (χ3v) is 1.61. The van der Waals surface area contributed by atoms with Crippen molar-refractivity contribution in [1.82, 2.24) is 0 Å². The van der Waals surface area contributed by atoms with Gasteiger partial charge in [-0.1, -0.05) is 33.6 Å². The molecule has 0 aromatic heterocycles. The zero-order valence-corrected chi connectivity index (χ0v) is 12.1. The molecule has 0 bridgehead atoms. The zero-order chi connectivity index (χ0) is 11.0. The average Bonchev–Trinajstić information content (AvgIpc) is 2.22. The quantitative estimate of drug-likeness (QED) is 0.527. The van der Waals surface area contributed by atoms with Gasteiger partial charge in [0.05, 0.1) is 0 Å². The molecule has 15 heavy (non-hydrogen) atoms. The molecule has 3 heteroatoms. The number of hydrogen-bond acceptors (Lipinski definition) is 2. The second-order valence-electron chi connectivity index (χ2n) is 2.79. The number of para-hydroxylation sites is 1. The van der Waals surface area contributed by atoms with E-state index in [9.17, 15) is 4.79 Å². The molecule has 78 valence electrons. The minimum atomic E-state index is 0. The predicted octanol–water partition coefficient (Wildman–Crippen LogP) is 0.0864. The summed E-state index contributed by atoms with van der Waals surface area (Å²) in [5.74, 6) is 0.799. The molecule has 0 aliphatic heterocycles. The van der Waals surface area contributed by atoms with Gasteiger partial charge in [0.15, 0.2) is 6.47 Å². The van der Waals surface area contributed by atoms with Crippen LogP contribution >= 0.6 is 0 Å². The topological polar surface area (TPSA) is 26.3 Å². The van der Waals surface area contributed by atoms with E-state index in [1.807, 2.05) is 39.8 Å². The number of rotatable bonds is 3. The van der Waals surface area contributed by atoms with Crippen molar-refractivity contribution in [3.63, 3.8) is 0 Å². The van der Waals surface area contributed by atoms with E-state index in [0.717, 1.165) is 5.56 Å². The van der Waals surface area contributed by atoms with Gasteiger partial charge in [-0.3, -0.25) is 0 Å². The monoisotopic (exact) mass is 215 g/mol. The first-order chi connectivity index (χ1) is 6.75. The van der Waals surface area contributed by atoms with Gasteiger partial charge in [0.1, 0.15) is 0 Å². The van der Waals surface area contributed by atoms with Crippen molar-refractivity contribution in [2.45, 2.75) is 33.6 Å². The minimum absolute atomic E-state index is 0. The molecule has 1 rings (SSSR count). The van der Waals surface area contributed by atoms with Crippen molar-refractivity contribution in [2.75, 3.05) is 0 Å². The van der Waals surface area contributed by atoms with Crippen LogP contribution < -0.4 is 34.3 Å². The molecule has 0 unspecified atom stereocenters. The molecule has 0 saturated heterocycles. The van der Waals surface area contributed by atoms with Crippen molar-refractivity contribution in [3.05, 3.63) is 29.8 Å². The Morgan fingerprint density at radius 2 is 2.00 bits per heavy atom. The summed E-state index contributed by atoms with van der Waals surface area (Å²) in [4.78, 5) is 9.98. The van der Waals surface area contributed by atoms with E-state index in [2.05, 4.69) is 10.8 Å². The van der Waals surface area contributed by atoms with E-state index in [1.54, 1.807) is 6.07 Å². The van der Waals surface area contributed by atoms with E-state index >= 15 is 0 Å². The minimum Gasteiger partial charge on any atom is -0.633 e. The molecule has 0 heterocycles. The molecule has 0 radical (unpaired) electrons. The SMILES string of the molecule is CC.CC(C)c1ccc[c-]c1O[C-]=O.[Na+]. The number of carbonyl (C=O) groups excluding carboxylic acids is 1. The summed E-state index contributed by atoms with van der Waals surface area (Å²) in [7, 11) is 0. The summed E-state index contributed by atoms with van der Waals surface area (Å²) >= 11 is 0. The average molecular weight is 215 g/mol. The maximum absolute atomic E-state index is 9.98. The Bertz CT molecular complexity index is 272. The third kappa shape index (κ3) is 5.98. The van der Waals surface area contributed by atoms with Gasteiger partial charge in [0.2, 0.25) is 0 Å². The molecule has 1 aromatic carbocycles. The number of benzene rings is 1. The van der Waals surface area contributed by atoms with Gasteiger partial charge >= 0.3 is 29.6 Å². The maximum atomic E-state index is 9.98. The molecule has 1 aromatic rings. The summed E-state index contributed by atoms with van der Waals surface area (Å²) in [6, 6.07) is 8.32. The van der Waals surface area contributed by atoms with Crippen LogP contribution in [0.3, 0.4) is 0 Å². The van der Waals surface area contributed by atoms with Gasteiger partial charge in [-0.15, -0.1) is 5.75 Å². The van der Waals surface area contributed by atoms with Crippen LogP contribution in [0, 0.1) is 6.07 Å². The Balaban J connectivity index is 0. The normalized spacial score (nSPS) is 8.33. The first kappa shape index (κ1) is 17.1. The van der Waals surface area contributed by atoms with Crippen LogP contribution in [0.25, 0.3) is 0 Å². The summed E-state index contributed by atoms with van der Waals surface area (Å²) in [5.41, 5.74) is 0.973. The Labute approximate surface area is 114 Å². The van der Waals surface area contributed by atoms with Gasteiger partial charge in [-0.05, 0) is 0 Å². The maximum Gasteiger partial charge on any atom is 1.00 e. The van der Waals surface area contributed by atoms with E-state index in [4.69, 9.17) is 0 Å². The largest absolute Gasteiger partial charge is 1.00 e. The third-order valence-electron chi connectivity index (χ3n) is 1.61. The van der Waals surface area contributed by atoms with Crippen LogP contribution in [0.2, 0.25) is 0 Å². The van der Waals surface area contributed by atoms with Gasteiger partial charge in [-0.2, -0.15) is 23.8 Å². The molecular weight excluding hydrogens is 199 g/mol. The van der Waals surface area contributed by atoms with Crippen molar-refractivity contribution in [2.24, 2.45) is 0 Å². The second kappa shape index (κ2) is 10.2. The fourth-order valence-corrected chi connectivity index (χ4v) is 1.02. The molecule has 0 fully saturated rings. The molecule has 0 N–H and O–H groups in total. The van der Waals surface area contributed by atoms with Crippen LogP contribution in [0.1, 0.15) is 39.2 Å². The summed E-state index contributed by atoms with van der Waals surface area (Å²) in [5, 5.41) is 0. The molecule has 0 atom stereocenters. The Morgan fingerprint density at radius 1 is 1.40 bits per heavy atom. The van der Waals surface area contributed by atoms with Gasteiger partial charge in [0.25, 0.3) is 0 Å².